The third-order valence-corrected chi connectivity index (χ3v) is 9.55. The van der Waals surface area contributed by atoms with E-state index in [1.165, 1.54) is 44.8 Å². The topological polar surface area (TPSA) is 19.4 Å². The van der Waals surface area contributed by atoms with E-state index in [2.05, 4.69) is 138 Å². The fourth-order valence-electron chi connectivity index (χ4n) is 5.10. The Bertz CT molecular complexity index is 1610. The van der Waals surface area contributed by atoms with E-state index >= 15 is 0 Å². The molecule has 0 bridgehead atoms. The van der Waals surface area contributed by atoms with Crippen LogP contribution in [0, 0.1) is 54.3 Å². The van der Waals surface area contributed by atoms with Gasteiger partial charge in [-0.3, -0.25) is 4.98 Å². The molecule has 1 aliphatic rings. The molecule has 0 saturated heterocycles. The van der Waals surface area contributed by atoms with Gasteiger partial charge in [-0.2, -0.15) is 30.3 Å². The number of aromatic nitrogens is 1. The number of halogens is 4. The zero-order valence-electron chi connectivity index (χ0n) is 27.3. The van der Waals surface area contributed by atoms with Crippen LogP contribution in [0.2, 0.25) is 0 Å². The van der Waals surface area contributed by atoms with E-state index in [1.54, 1.807) is 12.4 Å². The average Bonchev–Trinajstić information content (AvgIpc) is 3.47. The molecule has 1 aromatic heterocycles. The van der Waals surface area contributed by atoms with Crippen LogP contribution < -0.4 is 9.80 Å². The van der Waals surface area contributed by atoms with Crippen LogP contribution in [0.4, 0.5) is 11.4 Å². The summed E-state index contributed by atoms with van der Waals surface area (Å²) in [6.07, 6.45) is 7.78. The molecule has 47 heavy (non-hydrogen) atoms. The number of pyridine rings is 1. The molecule has 0 aliphatic carbocycles. The van der Waals surface area contributed by atoms with Gasteiger partial charge in [-0.1, -0.05) is 39.9 Å². The first kappa shape index (κ1) is 38.8. The molecule has 5 aromatic rings. The van der Waals surface area contributed by atoms with Gasteiger partial charge in [-0.05, 0) is 104 Å². The molecule has 0 atom stereocenters. The van der Waals surface area contributed by atoms with Crippen LogP contribution in [0.25, 0.3) is 0 Å². The first-order valence-electron chi connectivity index (χ1n) is 14.8. The summed E-state index contributed by atoms with van der Waals surface area (Å²) < 4.78 is 4.03. The Balaban J connectivity index is 0.000000204. The molecule has 1 aliphatic heterocycles. The second-order valence-electron chi connectivity index (χ2n) is 10.8. The molecule has 0 radical (unpaired) electrons. The molecule has 0 amide bonds. The number of aryl methyl sites for hydroxylation is 6. The first-order chi connectivity index (χ1) is 22.4. The number of nitrogens with zero attached hydrogens (tertiary/aromatic N) is 3. The van der Waals surface area contributed by atoms with Crippen LogP contribution >= 0.6 is 51.2 Å². The number of hydrogen-bond acceptors (Lipinski definition) is 3. The van der Waals surface area contributed by atoms with Gasteiger partial charge in [0, 0.05) is 28.2 Å². The summed E-state index contributed by atoms with van der Waals surface area (Å²) >= 11 is 4.91. The zero-order chi connectivity index (χ0) is 34.3. The van der Waals surface area contributed by atoms with Gasteiger partial charge in [0.25, 0.3) is 0 Å². The van der Waals surface area contributed by atoms with Crippen molar-refractivity contribution in [2.75, 3.05) is 9.80 Å². The number of anilines is 2. The summed E-state index contributed by atoms with van der Waals surface area (Å²) in [5.41, 5.74) is 11.5. The van der Waals surface area contributed by atoms with E-state index in [-0.39, 0.29) is 0 Å². The summed E-state index contributed by atoms with van der Waals surface area (Å²) in [5.74, 6) is 0. The molecule has 248 valence electrons. The molecule has 0 spiro atoms. The van der Waals surface area contributed by atoms with Crippen LogP contribution in [0.5, 0.6) is 0 Å². The molecule has 0 fully saturated rings. The molecule has 2 heterocycles. The maximum atomic E-state index is 5.67. The first-order valence-corrected chi connectivity index (χ1v) is 21.8. The van der Waals surface area contributed by atoms with Gasteiger partial charge >= 0.3 is 73.4 Å². The fourth-order valence-corrected chi connectivity index (χ4v) is 7.48. The maximum absolute atomic E-state index is 5.67. The van der Waals surface area contributed by atoms with Crippen LogP contribution in [0.1, 0.15) is 38.9 Å². The summed E-state index contributed by atoms with van der Waals surface area (Å²) in [6.45, 7) is 15.2. The standard InChI is InChI=1S/C21H25N2.C7H6.C6H4Br.C5H4BrN.2ClH.Ru/c1-14-9-16(3)20(17(4)10-14)22-7-8-23(13-22)21-18(5)11-15(2)12-19(21)6;1-7-5-3-2-4-6-7;7-6-4-2-1-3-5-6;6-5-2-1-3-7-4-5;;;/h7-13H,1-6H3;1-6H;1-2,4-5H;1-4H;2*1H;/q-1;;-1;;;;+2/p-2. The van der Waals surface area contributed by atoms with Gasteiger partial charge in [-0.25, -0.2) is 0 Å². The summed E-state index contributed by atoms with van der Waals surface area (Å²) in [6, 6.07) is 33.2. The van der Waals surface area contributed by atoms with Crippen molar-refractivity contribution in [2.45, 2.75) is 41.5 Å². The Morgan fingerprint density at radius 2 is 1.21 bits per heavy atom. The van der Waals surface area contributed by atoms with E-state index in [1.807, 2.05) is 71.3 Å². The third kappa shape index (κ3) is 13.4. The number of benzene rings is 4. The predicted octanol–water partition coefficient (Wildman–Crippen LogP) is 12.3. The Hall–Kier alpha value is -2.60. The van der Waals surface area contributed by atoms with E-state index < -0.39 is 13.5 Å². The van der Waals surface area contributed by atoms with Crippen molar-refractivity contribution in [3.8, 4) is 0 Å². The molecule has 0 saturated carbocycles. The quantitative estimate of drug-likeness (QED) is 0.133. The van der Waals surface area contributed by atoms with E-state index in [4.69, 9.17) is 19.4 Å². The summed E-state index contributed by atoms with van der Waals surface area (Å²) in [4.78, 5) is 8.29. The van der Waals surface area contributed by atoms with Gasteiger partial charge < -0.3 is 9.80 Å². The van der Waals surface area contributed by atoms with Crippen molar-refractivity contribution in [1.29, 1.82) is 0 Å². The van der Waals surface area contributed by atoms with Gasteiger partial charge in [0.15, 0.2) is 0 Å². The van der Waals surface area contributed by atoms with Crippen molar-refractivity contribution in [3.05, 3.63) is 176 Å². The molecule has 8 heteroatoms. The number of hydrogen-bond donors (Lipinski definition) is 0. The normalized spacial score (nSPS) is 11.7. The molecule has 0 N–H and O–H groups in total. The Morgan fingerprint density at radius 3 is 1.55 bits per heavy atom. The van der Waals surface area contributed by atoms with E-state index in [0.717, 1.165) is 14.5 Å². The van der Waals surface area contributed by atoms with Crippen LogP contribution in [0.3, 0.4) is 0 Å². The van der Waals surface area contributed by atoms with Crippen molar-refractivity contribution >= 4 is 67.2 Å². The third-order valence-electron chi connectivity index (χ3n) is 6.71. The molecule has 6 rings (SSSR count). The summed E-state index contributed by atoms with van der Waals surface area (Å²) in [5, 5.41) is 0. The zero-order valence-corrected chi connectivity index (χ0v) is 33.8. The van der Waals surface area contributed by atoms with Crippen molar-refractivity contribution < 1.29 is 13.5 Å². The van der Waals surface area contributed by atoms with Gasteiger partial charge in [-0.15, -0.1) is 22.6 Å². The Kier molecular flexibility index (Phi) is 16.6. The predicted molar refractivity (Wildman–Crippen MR) is 208 cm³/mol. The number of rotatable bonds is 3. The van der Waals surface area contributed by atoms with Gasteiger partial charge in [0.1, 0.15) is 0 Å². The van der Waals surface area contributed by atoms with E-state index in [9.17, 15) is 0 Å². The van der Waals surface area contributed by atoms with Crippen LogP contribution in [-0.2, 0) is 13.5 Å². The monoisotopic (exact) mass is 879 g/mol. The van der Waals surface area contributed by atoms with Gasteiger partial charge in [0.05, 0.1) is 0 Å². The van der Waals surface area contributed by atoms with Crippen LogP contribution in [-0.4, -0.2) is 9.59 Å². The average molecular weight is 882 g/mol. The molecule has 0 unspecified atom stereocenters. The Labute approximate surface area is 311 Å². The molecular formula is C39H39Br2Cl2N3Ru-2. The van der Waals surface area contributed by atoms with Crippen molar-refractivity contribution in [3.63, 3.8) is 0 Å². The van der Waals surface area contributed by atoms with E-state index in [0.29, 0.717) is 0 Å². The molecule has 3 nitrogen and oxygen atoms in total. The molecular weight excluding hydrogens is 842 g/mol. The fraction of sp³-hybridized carbons (Fsp3) is 0.154. The van der Waals surface area contributed by atoms with Crippen LogP contribution in [0.15, 0.2) is 125 Å². The second-order valence-corrected chi connectivity index (χ2v) is 18.4. The minimum absolute atomic E-state index is 1.02. The summed E-state index contributed by atoms with van der Waals surface area (Å²) in [7, 11) is 11.3. The minimum atomic E-state index is -1.61. The van der Waals surface area contributed by atoms with Crippen molar-refractivity contribution in [2.24, 2.45) is 0 Å². The molecule has 4 aromatic carbocycles. The second kappa shape index (κ2) is 20.0. The van der Waals surface area contributed by atoms with Crippen molar-refractivity contribution in [1.82, 2.24) is 4.98 Å². The van der Waals surface area contributed by atoms with Gasteiger partial charge in [0.2, 0.25) is 0 Å². The SMILES string of the molecule is Brc1c[c-]ccc1.Brc1cccnc1.Cc1cc(C)c(N2C=CN(c3c(C)cc(C)cc3C)[CH-]2)c(C)c1.[Cl][Ru]([Cl])=[CH]c1ccccc1. The Morgan fingerprint density at radius 1 is 0.702 bits per heavy atom.